The van der Waals surface area contributed by atoms with Crippen LogP contribution in [0.3, 0.4) is 0 Å². The summed E-state index contributed by atoms with van der Waals surface area (Å²) < 4.78 is 0. The van der Waals surface area contributed by atoms with Crippen LogP contribution in [0.5, 0.6) is 0 Å². The predicted molar refractivity (Wildman–Crippen MR) is 34.6 cm³/mol. The molecule has 0 fully saturated rings. The van der Waals surface area contributed by atoms with Gasteiger partial charge in [0, 0.05) is 0 Å². The molecule has 6 nitrogen and oxygen atoms in total. The first-order valence-corrected chi connectivity index (χ1v) is 2.20. The molecular weight excluding hydrogens is 337 g/mol. The number of hydrogen-bond acceptors (Lipinski definition) is 5. The second-order valence-corrected chi connectivity index (χ2v) is 1.45. The summed E-state index contributed by atoms with van der Waals surface area (Å²) in [6, 6.07) is 0. The van der Waals surface area contributed by atoms with Crippen molar-refractivity contribution in [3.63, 3.8) is 0 Å². The van der Waals surface area contributed by atoms with Gasteiger partial charge in [0.1, 0.15) is 0 Å². The van der Waals surface area contributed by atoms with Gasteiger partial charge in [-0.3, -0.25) is 10.1 Å². The summed E-state index contributed by atoms with van der Waals surface area (Å²) in [7, 11) is 0. The molecule has 0 bridgehead atoms. The Morgan fingerprint density at radius 2 is 1.90 bits per heavy atom. The van der Waals surface area contributed by atoms with Gasteiger partial charge in [0.2, 0.25) is 0 Å². The Balaban J connectivity index is 0. The zero-order chi connectivity index (χ0) is 7.44. The third-order valence-corrected chi connectivity index (χ3v) is 0.747. The molecule has 2 radical (unpaired) electrons. The van der Waals surface area contributed by atoms with Gasteiger partial charge in [-0.05, 0) is 0 Å². The molecule has 2 atom stereocenters. The van der Waals surface area contributed by atoms with Gasteiger partial charge in [-0.15, -0.1) is 0 Å². The zero-order valence-electron chi connectivity index (χ0n) is 5.17. The van der Waals surface area contributed by atoms with Crippen LogP contribution in [0.25, 0.3) is 0 Å². The van der Waals surface area contributed by atoms with Crippen LogP contribution in [-0.4, -0.2) is 66.5 Å². The molecule has 0 saturated heterocycles. The number of nitrogens with zero attached hydrogens (tertiary/aromatic N) is 1. The molecule has 0 saturated carbocycles. The van der Waals surface area contributed by atoms with Crippen molar-refractivity contribution in [1.82, 2.24) is 0 Å². The van der Waals surface area contributed by atoms with Gasteiger partial charge in [-0.25, -0.2) is 0 Å². The minimum absolute atomic E-state index is 0. The molecule has 0 aromatic rings. The molecule has 0 aromatic heterocycles. The fourth-order valence-electron chi connectivity index (χ4n) is 0.235. The second kappa shape index (κ2) is 5.95. The minimum atomic E-state index is -2.09. The Hall–Kier alpha value is 0.202. The van der Waals surface area contributed by atoms with Crippen molar-refractivity contribution < 1.29 is 20.2 Å². The first-order valence-electron chi connectivity index (χ1n) is 2.20. The van der Waals surface area contributed by atoms with Crippen molar-refractivity contribution in [1.29, 1.82) is 0 Å². The first kappa shape index (κ1) is 12.8. The van der Waals surface area contributed by atoms with E-state index < -0.39 is 23.9 Å². The Kier molecular flexibility index (Phi) is 7.64. The first-order chi connectivity index (χ1) is 4.09. The molecule has 10 heavy (non-hydrogen) atoms. The summed E-state index contributed by atoms with van der Waals surface area (Å²) >= 11 is 0. The third-order valence-electron chi connectivity index (χ3n) is 0.747. The predicted octanol–water partition coefficient (Wildman–Crippen LogP) is -2.98. The van der Waals surface area contributed by atoms with Gasteiger partial charge in [-0.1, -0.05) is 0 Å². The van der Waals surface area contributed by atoms with Crippen molar-refractivity contribution in [3.05, 3.63) is 10.1 Å². The molecule has 0 amide bonds. The summed E-state index contributed by atoms with van der Waals surface area (Å²) in [4.78, 5) is 8.50. The van der Waals surface area contributed by atoms with Crippen LogP contribution < -0.4 is 0 Å². The van der Waals surface area contributed by atoms with Gasteiger partial charge in [0.25, 0.3) is 0 Å². The molecule has 7 heteroatoms. The second-order valence-electron chi connectivity index (χ2n) is 1.45. The Labute approximate surface area is 76.8 Å². The molecular formula is C3H9NO5Pb. The van der Waals surface area contributed by atoms with E-state index in [4.69, 9.17) is 15.3 Å². The molecule has 0 heterocycles. The molecule has 60 valence electrons. The molecule has 2 unspecified atom stereocenters. The van der Waals surface area contributed by atoms with Gasteiger partial charge < -0.3 is 15.3 Å². The normalized spacial score (nSPS) is 15.1. The van der Waals surface area contributed by atoms with Gasteiger partial charge >= 0.3 is 33.5 Å². The van der Waals surface area contributed by atoms with Crippen molar-refractivity contribution in [3.8, 4) is 0 Å². The number of rotatable bonds is 3. The third kappa shape index (κ3) is 4.09. The fourth-order valence-corrected chi connectivity index (χ4v) is 0.235. The average Bonchev–Trinajstić information content (AvgIpc) is 1.84. The summed E-state index contributed by atoms with van der Waals surface area (Å²) in [5, 5.41) is 34.3. The average molecular weight is 346 g/mol. The molecule has 3 N–H and O–H groups in total. The number of aliphatic hydroxyl groups excluding tert-OH is 3. The number of hydrogen-bond donors (Lipinski definition) is 3. The summed E-state index contributed by atoms with van der Waals surface area (Å²) in [5.41, 5.74) is 0. The fraction of sp³-hybridized carbons (Fsp3) is 1.00. The Morgan fingerprint density at radius 1 is 1.50 bits per heavy atom. The van der Waals surface area contributed by atoms with E-state index in [-0.39, 0.29) is 27.3 Å². The van der Waals surface area contributed by atoms with Crippen molar-refractivity contribution in [2.24, 2.45) is 0 Å². The van der Waals surface area contributed by atoms with Crippen LogP contribution in [0, 0.1) is 10.1 Å². The maximum absolute atomic E-state index is 9.58. The van der Waals surface area contributed by atoms with E-state index in [1.165, 1.54) is 0 Å². The number of aliphatic hydroxyl groups is 3. The van der Waals surface area contributed by atoms with E-state index in [2.05, 4.69) is 0 Å². The summed E-state index contributed by atoms with van der Waals surface area (Å²) in [6.07, 6.45) is -3.78. The topological polar surface area (TPSA) is 104 Å². The van der Waals surface area contributed by atoms with Crippen molar-refractivity contribution >= 4 is 27.3 Å². The quantitative estimate of drug-likeness (QED) is 0.219. The van der Waals surface area contributed by atoms with Crippen LogP contribution in [0.1, 0.15) is 0 Å². The molecule has 0 aromatic carbocycles. The van der Waals surface area contributed by atoms with Crippen LogP contribution >= 0.6 is 0 Å². The molecule has 0 spiro atoms. The zero-order valence-corrected chi connectivity index (χ0v) is 10.7. The maximum atomic E-state index is 9.58. The van der Waals surface area contributed by atoms with Gasteiger partial charge in [0.05, 0.1) is 11.5 Å². The van der Waals surface area contributed by atoms with E-state index in [1.807, 2.05) is 0 Å². The van der Waals surface area contributed by atoms with E-state index >= 15 is 0 Å². The van der Waals surface area contributed by atoms with Gasteiger partial charge in [0.15, 0.2) is 6.10 Å². The molecule has 0 aliphatic heterocycles. The number of nitro groups is 1. The standard InChI is InChI=1S/C3H7NO5.Pb.2H/c5-1-2(6)3(7)4(8)9;;;/h2-3,5-7H,1H2;;;. The molecule has 0 aliphatic carbocycles. The Morgan fingerprint density at radius 3 is 2.00 bits per heavy atom. The monoisotopic (exact) mass is 347 g/mol. The van der Waals surface area contributed by atoms with Crippen LogP contribution in [0.15, 0.2) is 0 Å². The SMILES string of the molecule is O=[N+]([O-])C(O)C(O)CO.[PbH2]. The molecule has 0 aliphatic rings. The van der Waals surface area contributed by atoms with Crippen LogP contribution in [0.4, 0.5) is 0 Å². The van der Waals surface area contributed by atoms with E-state index in [1.54, 1.807) is 0 Å². The van der Waals surface area contributed by atoms with E-state index in [0.29, 0.717) is 0 Å². The Bertz CT molecular complexity index is 109. The molecule has 0 rings (SSSR count). The van der Waals surface area contributed by atoms with Crippen molar-refractivity contribution in [2.45, 2.75) is 12.3 Å². The van der Waals surface area contributed by atoms with Crippen LogP contribution in [0.2, 0.25) is 0 Å². The summed E-state index contributed by atoms with van der Waals surface area (Å²) in [5.74, 6) is 0. The van der Waals surface area contributed by atoms with Crippen LogP contribution in [-0.2, 0) is 0 Å². The van der Waals surface area contributed by atoms with E-state index in [0.717, 1.165) is 0 Å². The van der Waals surface area contributed by atoms with E-state index in [9.17, 15) is 10.1 Å². The summed E-state index contributed by atoms with van der Waals surface area (Å²) in [6.45, 7) is -0.817. The van der Waals surface area contributed by atoms with Gasteiger partial charge in [-0.2, -0.15) is 0 Å². The van der Waals surface area contributed by atoms with Crippen molar-refractivity contribution in [2.75, 3.05) is 6.61 Å².